The third-order valence-corrected chi connectivity index (χ3v) is 11.7. The van der Waals surface area contributed by atoms with Crippen LogP contribution in [-0.4, -0.2) is 11.2 Å². The molecule has 4 aliphatic carbocycles. The third-order valence-electron chi connectivity index (χ3n) is 11.7. The number of aliphatic hydroxyl groups excluding tert-OH is 1. The Morgan fingerprint density at radius 3 is 2.35 bits per heavy atom. The van der Waals surface area contributed by atoms with Crippen molar-refractivity contribution in [1.82, 2.24) is 0 Å². The van der Waals surface area contributed by atoms with Gasteiger partial charge in [0.2, 0.25) is 0 Å². The molecule has 2 fully saturated rings. The van der Waals surface area contributed by atoms with Crippen molar-refractivity contribution in [3.05, 3.63) is 22.8 Å². The number of rotatable bonds is 4. The van der Waals surface area contributed by atoms with Gasteiger partial charge in [-0.1, -0.05) is 64.3 Å². The van der Waals surface area contributed by atoms with Gasteiger partial charge in [-0.15, -0.1) is 0 Å². The zero-order chi connectivity index (χ0) is 22.8. The highest BCUT2D eigenvalue weighted by atomic mass is 16.3. The van der Waals surface area contributed by atoms with E-state index in [2.05, 4.69) is 61.5 Å². The lowest BCUT2D eigenvalue weighted by Gasteiger charge is -2.62. The first kappa shape index (κ1) is 23.6. The molecule has 1 nitrogen and oxygen atoms in total. The molecule has 4 aliphatic rings. The first-order valence-corrected chi connectivity index (χ1v) is 13.4. The summed E-state index contributed by atoms with van der Waals surface area (Å²) in [6.07, 6.45) is 15.2. The lowest BCUT2D eigenvalue weighted by atomic mass is 9.43. The average molecular weight is 427 g/mol. The summed E-state index contributed by atoms with van der Waals surface area (Å²) in [7, 11) is 0. The van der Waals surface area contributed by atoms with Crippen molar-refractivity contribution in [2.45, 2.75) is 126 Å². The Morgan fingerprint density at radius 1 is 0.968 bits per heavy atom. The summed E-state index contributed by atoms with van der Waals surface area (Å²) in [4.78, 5) is 0. The summed E-state index contributed by atoms with van der Waals surface area (Å²) in [5.74, 6) is 2.32. The molecule has 4 rings (SSSR count). The zero-order valence-corrected chi connectivity index (χ0v) is 21.9. The number of allylic oxidation sites excluding steroid dienone is 4. The Labute approximate surface area is 193 Å². The molecule has 0 unspecified atom stereocenters. The van der Waals surface area contributed by atoms with Gasteiger partial charge in [-0.3, -0.25) is 0 Å². The van der Waals surface area contributed by atoms with E-state index in [4.69, 9.17) is 0 Å². The van der Waals surface area contributed by atoms with Gasteiger partial charge in [0.15, 0.2) is 0 Å². The van der Waals surface area contributed by atoms with Crippen LogP contribution in [-0.2, 0) is 0 Å². The summed E-state index contributed by atoms with van der Waals surface area (Å²) in [6.45, 7) is 19.6. The molecule has 2 saturated carbocycles. The minimum absolute atomic E-state index is 0.0465. The highest BCUT2D eigenvalue weighted by molar-refractivity contribution is 5.38. The highest BCUT2D eigenvalue weighted by Gasteiger charge is 2.63. The molecule has 0 spiro atoms. The number of hydrogen-bond acceptors (Lipinski definition) is 1. The molecule has 0 aromatic carbocycles. The summed E-state index contributed by atoms with van der Waals surface area (Å²) < 4.78 is 0. The Kier molecular flexibility index (Phi) is 5.90. The maximum Gasteiger partial charge on any atom is 0.0594 e. The van der Waals surface area contributed by atoms with Crippen LogP contribution >= 0.6 is 0 Å². The van der Waals surface area contributed by atoms with Crippen molar-refractivity contribution in [3.63, 3.8) is 0 Å². The standard InChI is InChI=1S/C30H50O/c1-20(2)10-9-11-21(3)22-14-18-30(8)24-12-13-25-27(4,5)26(31)16-17-28(25,6)23(24)15-19-29(22,30)7/h10,21-22,25-26,31H,9,11-19H2,1-8H3/t21-,22-,25+,26+,28-,29+,30+/m0/s1. The molecule has 0 aliphatic heterocycles. The van der Waals surface area contributed by atoms with E-state index in [9.17, 15) is 5.11 Å². The van der Waals surface area contributed by atoms with Gasteiger partial charge in [0.25, 0.3) is 0 Å². The van der Waals surface area contributed by atoms with Crippen molar-refractivity contribution < 1.29 is 5.11 Å². The topological polar surface area (TPSA) is 20.2 Å². The maximum absolute atomic E-state index is 10.8. The molecule has 0 aromatic heterocycles. The van der Waals surface area contributed by atoms with Gasteiger partial charge in [0.1, 0.15) is 0 Å². The van der Waals surface area contributed by atoms with Crippen molar-refractivity contribution in [2.24, 2.45) is 39.4 Å². The predicted octanol–water partition coefficient (Wildman–Crippen LogP) is 8.48. The van der Waals surface area contributed by atoms with E-state index in [1.54, 1.807) is 0 Å². The molecular weight excluding hydrogens is 376 g/mol. The first-order chi connectivity index (χ1) is 14.4. The van der Waals surface area contributed by atoms with Crippen LogP contribution in [0, 0.1) is 39.4 Å². The molecule has 0 bridgehead atoms. The highest BCUT2D eigenvalue weighted by Crippen LogP contribution is 2.72. The van der Waals surface area contributed by atoms with E-state index in [1.807, 2.05) is 11.1 Å². The largest absolute Gasteiger partial charge is 0.393 e. The lowest BCUT2D eigenvalue weighted by molar-refractivity contribution is -0.0962. The quantitative estimate of drug-likeness (QED) is 0.447. The molecule has 0 aromatic rings. The normalized spacial score (nSPS) is 44.9. The fourth-order valence-corrected chi connectivity index (χ4v) is 9.47. The molecule has 1 N–H and O–H groups in total. The van der Waals surface area contributed by atoms with Crippen molar-refractivity contribution in [3.8, 4) is 0 Å². The van der Waals surface area contributed by atoms with E-state index < -0.39 is 0 Å². The van der Waals surface area contributed by atoms with Gasteiger partial charge in [-0.2, -0.15) is 0 Å². The fraction of sp³-hybridized carbons (Fsp3) is 0.867. The van der Waals surface area contributed by atoms with E-state index >= 15 is 0 Å². The fourth-order valence-electron chi connectivity index (χ4n) is 9.47. The Balaban J connectivity index is 1.65. The second kappa shape index (κ2) is 7.75. The molecule has 7 atom stereocenters. The van der Waals surface area contributed by atoms with Gasteiger partial charge >= 0.3 is 0 Å². The molecule has 176 valence electrons. The Bertz CT molecular complexity index is 767. The van der Waals surface area contributed by atoms with Crippen LogP contribution in [0.5, 0.6) is 0 Å². The number of hydrogen-bond donors (Lipinski definition) is 1. The van der Waals surface area contributed by atoms with E-state index in [-0.39, 0.29) is 11.5 Å². The van der Waals surface area contributed by atoms with Crippen LogP contribution in [0.1, 0.15) is 120 Å². The zero-order valence-electron chi connectivity index (χ0n) is 21.9. The van der Waals surface area contributed by atoms with Crippen molar-refractivity contribution in [1.29, 1.82) is 0 Å². The lowest BCUT2D eigenvalue weighted by Crippen LogP contribution is -2.55. The monoisotopic (exact) mass is 426 g/mol. The molecular formula is C30H50O. The third kappa shape index (κ3) is 3.34. The molecule has 31 heavy (non-hydrogen) atoms. The van der Waals surface area contributed by atoms with Crippen molar-refractivity contribution >= 4 is 0 Å². The van der Waals surface area contributed by atoms with Crippen LogP contribution in [0.25, 0.3) is 0 Å². The van der Waals surface area contributed by atoms with E-state index in [0.717, 1.165) is 18.3 Å². The van der Waals surface area contributed by atoms with Crippen LogP contribution in [0.4, 0.5) is 0 Å². The molecule has 0 heterocycles. The average Bonchev–Trinajstić information content (AvgIpc) is 2.96. The van der Waals surface area contributed by atoms with Crippen LogP contribution in [0.2, 0.25) is 0 Å². The molecule has 0 amide bonds. The Hall–Kier alpha value is -0.560. The second-order valence-corrected chi connectivity index (χ2v) is 13.6. The van der Waals surface area contributed by atoms with Crippen molar-refractivity contribution in [2.75, 3.05) is 0 Å². The van der Waals surface area contributed by atoms with Gasteiger partial charge < -0.3 is 5.11 Å². The van der Waals surface area contributed by atoms with Gasteiger partial charge in [-0.25, -0.2) is 0 Å². The summed E-state index contributed by atoms with van der Waals surface area (Å²) >= 11 is 0. The minimum atomic E-state index is -0.130. The summed E-state index contributed by atoms with van der Waals surface area (Å²) in [6, 6.07) is 0. The first-order valence-electron chi connectivity index (χ1n) is 13.4. The van der Waals surface area contributed by atoms with E-state index in [0.29, 0.717) is 22.2 Å². The van der Waals surface area contributed by atoms with Gasteiger partial charge in [-0.05, 0) is 117 Å². The van der Waals surface area contributed by atoms with Crippen LogP contribution in [0.3, 0.4) is 0 Å². The van der Waals surface area contributed by atoms with Crippen LogP contribution in [0.15, 0.2) is 22.8 Å². The molecule has 1 heteroatoms. The summed E-state index contributed by atoms with van der Waals surface area (Å²) in [5, 5.41) is 10.8. The molecule has 0 radical (unpaired) electrons. The van der Waals surface area contributed by atoms with E-state index in [1.165, 1.54) is 63.4 Å². The number of fused-ring (bicyclic) bond motifs is 4. The van der Waals surface area contributed by atoms with Crippen LogP contribution < -0.4 is 0 Å². The number of aliphatic hydroxyl groups is 1. The van der Waals surface area contributed by atoms with Gasteiger partial charge in [0.05, 0.1) is 6.10 Å². The Morgan fingerprint density at radius 2 is 1.68 bits per heavy atom. The SMILES string of the molecule is CC(C)=CCC[C@H](C)[C@@H]1CC[C@]2(C)C3=C(CC[C@]12C)[C@]1(C)CC[C@@H](O)C(C)(C)[C@H]1CC3. The maximum atomic E-state index is 10.8. The minimum Gasteiger partial charge on any atom is -0.393 e. The second-order valence-electron chi connectivity index (χ2n) is 13.6. The summed E-state index contributed by atoms with van der Waals surface area (Å²) in [5.41, 5.74) is 6.41. The predicted molar refractivity (Wildman–Crippen MR) is 133 cm³/mol. The van der Waals surface area contributed by atoms with Gasteiger partial charge in [0, 0.05) is 0 Å². The smallest absolute Gasteiger partial charge is 0.0594 e. The molecule has 0 saturated heterocycles.